The molecule has 0 bridgehead atoms. The van der Waals surface area contributed by atoms with Gasteiger partial charge >= 0.3 is 0 Å². The Balaban J connectivity index is 2.17. The van der Waals surface area contributed by atoms with Crippen molar-refractivity contribution in [3.63, 3.8) is 0 Å². The van der Waals surface area contributed by atoms with Crippen LogP contribution >= 0.6 is 0 Å². The minimum atomic E-state index is -4.32. The molecule has 3 aromatic rings. The zero-order valence-electron chi connectivity index (χ0n) is 14.7. The Labute approximate surface area is 158 Å². The van der Waals surface area contributed by atoms with E-state index >= 15 is 0 Å². The lowest BCUT2D eigenvalue weighted by Gasteiger charge is -2.16. The minimum absolute atomic E-state index is 0.238. The van der Waals surface area contributed by atoms with Gasteiger partial charge in [-0.05, 0) is 36.1 Å². The zero-order valence-corrected chi connectivity index (χ0v) is 16.3. The second kappa shape index (κ2) is 6.02. The van der Waals surface area contributed by atoms with Gasteiger partial charge in [-0.1, -0.05) is 60.7 Å². The van der Waals surface area contributed by atoms with E-state index in [0.717, 1.165) is 11.1 Å². The molecule has 0 fully saturated rings. The highest BCUT2D eigenvalue weighted by atomic mass is 32.3. The van der Waals surface area contributed by atoms with Gasteiger partial charge < -0.3 is 4.13 Å². The molecule has 3 aromatic carbocycles. The van der Waals surface area contributed by atoms with Gasteiger partial charge in [0.15, 0.2) is 0 Å². The first-order chi connectivity index (χ1) is 12.7. The van der Waals surface area contributed by atoms with Crippen LogP contribution in [0.3, 0.4) is 0 Å². The van der Waals surface area contributed by atoms with Crippen LogP contribution in [-0.2, 0) is 20.0 Å². The van der Waals surface area contributed by atoms with Crippen LogP contribution in [0.1, 0.15) is 11.1 Å². The molecule has 1 heterocycles. The first kappa shape index (κ1) is 17.9. The molecule has 0 spiro atoms. The van der Waals surface area contributed by atoms with Crippen LogP contribution in [0, 0.1) is 13.8 Å². The quantitative estimate of drug-likeness (QED) is 0.640. The van der Waals surface area contributed by atoms with Crippen molar-refractivity contribution in [3.05, 3.63) is 75.9 Å². The highest BCUT2D eigenvalue weighted by Crippen LogP contribution is 2.49. The van der Waals surface area contributed by atoms with E-state index in [1.54, 1.807) is 36.4 Å². The SMILES string of the molecule is Cc1ccccc1-c1ccc(-c2ccccc2C)c2c1S(=O)(=O)[N-]S2(=O)=O. The molecule has 0 unspecified atom stereocenters. The molecule has 1 aliphatic rings. The molecule has 5 nitrogen and oxygen atoms in total. The Morgan fingerprint density at radius 2 is 0.926 bits per heavy atom. The minimum Gasteiger partial charge on any atom is -0.427 e. The average molecular weight is 398 g/mol. The summed E-state index contributed by atoms with van der Waals surface area (Å²) in [5, 5.41) is 0. The summed E-state index contributed by atoms with van der Waals surface area (Å²) in [6.45, 7) is 3.70. The monoisotopic (exact) mass is 398 g/mol. The van der Waals surface area contributed by atoms with Crippen molar-refractivity contribution in [2.75, 3.05) is 0 Å². The summed E-state index contributed by atoms with van der Waals surface area (Å²) in [6, 6.07) is 17.8. The van der Waals surface area contributed by atoms with Crippen LogP contribution in [0.4, 0.5) is 0 Å². The Morgan fingerprint density at radius 3 is 1.30 bits per heavy atom. The van der Waals surface area contributed by atoms with E-state index in [1.807, 2.05) is 38.1 Å². The Hall–Kier alpha value is -2.48. The van der Waals surface area contributed by atoms with Crippen molar-refractivity contribution in [2.45, 2.75) is 23.6 Å². The summed E-state index contributed by atoms with van der Waals surface area (Å²) in [5.74, 6) is 0. The summed E-state index contributed by atoms with van der Waals surface area (Å²) in [4.78, 5) is -0.477. The number of nitrogens with zero attached hydrogens (tertiary/aromatic N) is 1. The first-order valence-electron chi connectivity index (χ1n) is 8.26. The van der Waals surface area contributed by atoms with E-state index in [0.29, 0.717) is 22.3 Å². The van der Waals surface area contributed by atoms with Gasteiger partial charge in [0.25, 0.3) is 0 Å². The fraction of sp³-hybridized carbons (Fsp3) is 0.100. The van der Waals surface area contributed by atoms with Crippen LogP contribution in [0.25, 0.3) is 26.4 Å². The number of benzene rings is 3. The smallest absolute Gasteiger partial charge is 0.114 e. The summed E-state index contributed by atoms with van der Waals surface area (Å²) in [6.07, 6.45) is 0. The number of hydrogen-bond donors (Lipinski definition) is 0. The summed E-state index contributed by atoms with van der Waals surface area (Å²) < 4.78 is 54.0. The van der Waals surface area contributed by atoms with Gasteiger partial charge in [0.2, 0.25) is 0 Å². The Bertz CT molecular complexity index is 1190. The second-order valence-corrected chi connectivity index (χ2v) is 9.79. The maximum Gasteiger partial charge on any atom is 0.114 e. The van der Waals surface area contributed by atoms with Gasteiger partial charge in [-0.25, -0.2) is 16.8 Å². The highest BCUT2D eigenvalue weighted by molar-refractivity contribution is 8.14. The third-order valence-corrected chi connectivity index (χ3v) is 8.27. The molecule has 0 saturated heterocycles. The summed E-state index contributed by atoms with van der Waals surface area (Å²) >= 11 is 0. The molecule has 0 radical (unpaired) electrons. The van der Waals surface area contributed by atoms with Crippen LogP contribution in [0.5, 0.6) is 0 Å². The van der Waals surface area contributed by atoms with Gasteiger partial charge in [-0.15, -0.1) is 0 Å². The van der Waals surface area contributed by atoms with E-state index in [9.17, 15) is 16.8 Å². The second-order valence-electron chi connectivity index (χ2n) is 6.47. The maximum absolute atomic E-state index is 12.7. The average Bonchev–Trinajstić information content (AvgIpc) is 2.80. The normalized spacial score (nSPS) is 16.8. The Kier molecular flexibility index (Phi) is 3.99. The molecule has 0 atom stereocenters. The topological polar surface area (TPSA) is 82.4 Å². The van der Waals surface area contributed by atoms with E-state index in [4.69, 9.17) is 0 Å². The van der Waals surface area contributed by atoms with E-state index in [1.165, 1.54) is 0 Å². The standard InChI is InChI=1S/C20H16NO4S2/c1-13-7-3-5-9-15(13)17-11-12-18(16-10-6-4-8-14(16)2)20-19(17)26(22,23)21-27(20,24)25/h3-12H,1-2H3/q-1. The number of fused-ring (bicyclic) bond motifs is 1. The lowest BCUT2D eigenvalue weighted by molar-refractivity contribution is 0.603. The van der Waals surface area contributed by atoms with Gasteiger partial charge in [0.1, 0.15) is 20.0 Å². The van der Waals surface area contributed by atoms with Gasteiger partial charge in [0, 0.05) is 11.1 Å². The van der Waals surface area contributed by atoms with Crippen molar-refractivity contribution in [1.29, 1.82) is 0 Å². The highest BCUT2D eigenvalue weighted by Gasteiger charge is 2.34. The first-order valence-corrected chi connectivity index (χ1v) is 11.1. The molecule has 1 aliphatic heterocycles. The largest absolute Gasteiger partial charge is 0.427 e. The molecule has 0 N–H and O–H groups in total. The molecule has 0 aromatic heterocycles. The van der Waals surface area contributed by atoms with Crippen molar-refractivity contribution in [1.82, 2.24) is 0 Å². The number of hydrogen-bond acceptors (Lipinski definition) is 4. The molecule has 27 heavy (non-hydrogen) atoms. The van der Waals surface area contributed by atoms with Crippen molar-refractivity contribution in [3.8, 4) is 22.3 Å². The van der Waals surface area contributed by atoms with E-state index in [2.05, 4.69) is 4.13 Å². The molecule has 0 aliphatic carbocycles. The predicted molar refractivity (Wildman–Crippen MR) is 105 cm³/mol. The molecule has 7 heteroatoms. The molecule has 0 amide bonds. The van der Waals surface area contributed by atoms with Crippen LogP contribution < -0.4 is 0 Å². The molecule has 138 valence electrons. The lowest BCUT2D eigenvalue weighted by Crippen LogP contribution is -2.00. The van der Waals surface area contributed by atoms with Crippen molar-refractivity contribution >= 4 is 20.0 Å². The van der Waals surface area contributed by atoms with Gasteiger partial charge in [-0.3, -0.25) is 0 Å². The molecular weight excluding hydrogens is 382 g/mol. The number of sulfonamides is 2. The Morgan fingerprint density at radius 1 is 0.556 bits per heavy atom. The third-order valence-electron chi connectivity index (χ3n) is 4.69. The lowest BCUT2D eigenvalue weighted by atomic mass is 9.95. The third kappa shape index (κ3) is 2.79. The molecule has 4 rings (SSSR count). The van der Waals surface area contributed by atoms with Crippen LogP contribution in [0.15, 0.2) is 70.5 Å². The summed E-state index contributed by atoms with van der Waals surface area (Å²) in [5.41, 5.74) is 3.74. The van der Waals surface area contributed by atoms with Gasteiger partial charge in [0.05, 0.1) is 9.79 Å². The van der Waals surface area contributed by atoms with Crippen LogP contribution in [0.2, 0.25) is 0 Å². The van der Waals surface area contributed by atoms with Crippen molar-refractivity contribution in [2.24, 2.45) is 0 Å². The van der Waals surface area contributed by atoms with Crippen molar-refractivity contribution < 1.29 is 16.8 Å². The summed E-state index contributed by atoms with van der Waals surface area (Å²) in [7, 11) is -8.63. The maximum atomic E-state index is 12.7. The predicted octanol–water partition coefficient (Wildman–Crippen LogP) is 4.40. The molecular formula is C20H16NO4S2-. The fourth-order valence-corrected chi connectivity index (χ4v) is 7.31. The number of rotatable bonds is 2. The number of aryl methyl sites for hydroxylation is 2. The fourth-order valence-electron chi connectivity index (χ4n) is 3.45. The zero-order chi connectivity index (χ0) is 19.4. The van der Waals surface area contributed by atoms with Crippen LogP contribution in [-0.4, -0.2) is 16.8 Å². The van der Waals surface area contributed by atoms with E-state index in [-0.39, 0.29) is 9.79 Å². The van der Waals surface area contributed by atoms with E-state index < -0.39 is 20.0 Å². The molecule has 0 saturated carbocycles. The van der Waals surface area contributed by atoms with Gasteiger partial charge in [-0.2, -0.15) is 0 Å².